The molecule has 0 bridgehead atoms. The maximum atomic E-state index is 13.9. The van der Waals surface area contributed by atoms with Gasteiger partial charge in [0.05, 0.1) is 15.6 Å². The van der Waals surface area contributed by atoms with Gasteiger partial charge in [0.1, 0.15) is 12.6 Å². The van der Waals surface area contributed by atoms with Crippen molar-refractivity contribution < 1.29 is 18.0 Å². The SMILES string of the molecule is CC[C@H](C(=O)NC)N(Cc1ccc(C)cc1)C(=O)CN(c1ccccc1Cl)S(=O)(=O)c1ccc(C)cc1. The molecule has 1 atom stereocenters. The Hall–Kier alpha value is -3.36. The molecule has 37 heavy (non-hydrogen) atoms. The number of rotatable bonds is 10. The van der Waals surface area contributed by atoms with Gasteiger partial charge in [0.25, 0.3) is 10.0 Å². The maximum Gasteiger partial charge on any atom is 0.264 e. The highest BCUT2D eigenvalue weighted by Crippen LogP contribution is 2.31. The Labute approximate surface area is 224 Å². The highest BCUT2D eigenvalue weighted by molar-refractivity contribution is 7.92. The predicted octanol–water partition coefficient (Wildman–Crippen LogP) is 4.71. The van der Waals surface area contributed by atoms with E-state index in [9.17, 15) is 18.0 Å². The molecule has 0 aliphatic carbocycles. The Morgan fingerprint density at radius 1 is 0.919 bits per heavy atom. The lowest BCUT2D eigenvalue weighted by Gasteiger charge is -2.33. The van der Waals surface area contributed by atoms with Crippen LogP contribution in [-0.2, 0) is 26.2 Å². The molecule has 0 unspecified atom stereocenters. The molecule has 3 aromatic rings. The van der Waals surface area contributed by atoms with Gasteiger partial charge in [-0.3, -0.25) is 13.9 Å². The first-order chi connectivity index (χ1) is 17.6. The van der Waals surface area contributed by atoms with Crippen LogP contribution in [0.3, 0.4) is 0 Å². The Morgan fingerprint density at radius 2 is 1.49 bits per heavy atom. The molecular formula is C28H32ClN3O4S. The minimum absolute atomic E-state index is 0.0363. The van der Waals surface area contributed by atoms with Crippen LogP contribution in [0.2, 0.25) is 5.02 Å². The fourth-order valence-electron chi connectivity index (χ4n) is 3.98. The molecule has 196 valence electrons. The van der Waals surface area contributed by atoms with Crippen LogP contribution in [-0.4, -0.2) is 44.8 Å². The number of aryl methyl sites for hydroxylation is 2. The van der Waals surface area contributed by atoms with Crippen molar-refractivity contribution in [2.45, 2.75) is 44.7 Å². The topological polar surface area (TPSA) is 86.8 Å². The second-order valence-corrected chi connectivity index (χ2v) is 11.1. The standard InChI is InChI=1S/C28H32ClN3O4S/c1-5-25(28(34)30-4)31(18-22-14-10-20(2)11-15-22)27(33)19-32(26-9-7-6-8-24(26)29)37(35,36)23-16-12-21(3)13-17-23/h6-17,25H,5,18-19H2,1-4H3,(H,30,34)/t25-/m1/s1. The van der Waals surface area contributed by atoms with E-state index in [4.69, 9.17) is 11.6 Å². The molecule has 0 saturated heterocycles. The van der Waals surface area contributed by atoms with Crippen molar-refractivity contribution in [3.8, 4) is 0 Å². The average Bonchev–Trinajstić information content (AvgIpc) is 2.88. The Morgan fingerprint density at radius 3 is 2.03 bits per heavy atom. The van der Waals surface area contributed by atoms with Crippen molar-refractivity contribution >= 4 is 39.1 Å². The highest BCUT2D eigenvalue weighted by Gasteiger charge is 2.34. The van der Waals surface area contributed by atoms with Crippen LogP contribution in [0.15, 0.2) is 77.7 Å². The molecule has 0 heterocycles. The van der Waals surface area contributed by atoms with Gasteiger partial charge >= 0.3 is 0 Å². The lowest BCUT2D eigenvalue weighted by molar-refractivity contribution is -0.140. The lowest BCUT2D eigenvalue weighted by atomic mass is 10.1. The van der Waals surface area contributed by atoms with Crippen LogP contribution in [0.1, 0.15) is 30.0 Å². The number of hydrogen-bond acceptors (Lipinski definition) is 4. The summed E-state index contributed by atoms with van der Waals surface area (Å²) >= 11 is 6.41. The van der Waals surface area contributed by atoms with Crippen molar-refractivity contribution in [1.82, 2.24) is 10.2 Å². The fraction of sp³-hybridized carbons (Fsp3) is 0.286. The number of amides is 2. The number of benzene rings is 3. The number of carbonyl (C=O) groups is 2. The molecule has 1 N–H and O–H groups in total. The average molecular weight is 542 g/mol. The van der Waals surface area contributed by atoms with E-state index < -0.39 is 28.5 Å². The second kappa shape index (κ2) is 12.3. The van der Waals surface area contributed by atoms with Gasteiger partial charge in [-0.2, -0.15) is 0 Å². The fourth-order valence-corrected chi connectivity index (χ4v) is 5.70. The Kier molecular flexibility index (Phi) is 9.34. The van der Waals surface area contributed by atoms with E-state index in [1.807, 2.05) is 45.0 Å². The number of likely N-dealkylation sites (N-methyl/N-ethyl adjacent to an activating group) is 1. The monoisotopic (exact) mass is 541 g/mol. The van der Waals surface area contributed by atoms with Crippen LogP contribution in [0.5, 0.6) is 0 Å². The molecule has 0 radical (unpaired) electrons. The summed E-state index contributed by atoms with van der Waals surface area (Å²) in [5.41, 5.74) is 2.97. The molecule has 2 amide bonds. The molecular weight excluding hydrogens is 510 g/mol. The number of nitrogens with one attached hydrogen (secondary N) is 1. The van der Waals surface area contributed by atoms with Gasteiger partial charge in [0.15, 0.2) is 0 Å². The van der Waals surface area contributed by atoms with E-state index in [2.05, 4.69) is 5.32 Å². The van der Waals surface area contributed by atoms with Crippen molar-refractivity contribution in [3.05, 3.63) is 94.5 Å². The maximum absolute atomic E-state index is 13.9. The quantitative estimate of drug-likeness (QED) is 0.403. The Bertz CT molecular complexity index is 1340. The molecule has 0 spiro atoms. The van der Waals surface area contributed by atoms with E-state index >= 15 is 0 Å². The number of nitrogens with zero attached hydrogens (tertiary/aromatic N) is 2. The molecule has 3 aromatic carbocycles. The zero-order chi connectivity index (χ0) is 27.2. The van der Waals surface area contributed by atoms with E-state index in [1.54, 1.807) is 36.4 Å². The van der Waals surface area contributed by atoms with Crippen LogP contribution in [0.4, 0.5) is 5.69 Å². The number of carbonyl (C=O) groups excluding carboxylic acids is 2. The van der Waals surface area contributed by atoms with Gasteiger partial charge in [-0.25, -0.2) is 8.42 Å². The minimum atomic E-state index is -4.16. The van der Waals surface area contributed by atoms with E-state index in [-0.39, 0.29) is 28.1 Å². The van der Waals surface area contributed by atoms with Gasteiger partial charge in [0.2, 0.25) is 11.8 Å². The van der Waals surface area contributed by atoms with Gasteiger partial charge in [-0.05, 0) is 50.1 Å². The van der Waals surface area contributed by atoms with Crippen molar-refractivity contribution in [1.29, 1.82) is 0 Å². The highest BCUT2D eigenvalue weighted by atomic mass is 35.5. The summed E-state index contributed by atoms with van der Waals surface area (Å²) < 4.78 is 28.6. The van der Waals surface area contributed by atoms with Crippen LogP contribution >= 0.6 is 11.6 Å². The van der Waals surface area contributed by atoms with E-state index in [0.29, 0.717) is 6.42 Å². The molecule has 7 nitrogen and oxygen atoms in total. The minimum Gasteiger partial charge on any atom is -0.357 e. The molecule has 0 aromatic heterocycles. The summed E-state index contributed by atoms with van der Waals surface area (Å²) in [6, 6.07) is 19.7. The summed E-state index contributed by atoms with van der Waals surface area (Å²) in [4.78, 5) is 28.1. The summed E-state index contributed by atoms with van der Waals surface area (Å²) in [5, 5.41) is 2.81. The third-order valence-corrected chi connectivity index (χ3v) is 8.21. The first kappa shape index (κ1) is 28.2. The predicted molar refractivity (Wildman–Crippen MR) is 147 cm³/mol. The molecule has 0 fully saturated rings. The smallest absolute Gasteiger partial charge is 0.264 e. The van der Waals surface area contributed by atoms with Gasteiger partial charge < -0.3 is 10.2 Å². The normalized spacial score (nSPS) is 12.0. The number of anilines is 1. The first-order valence-electron chi connectivity index (χ1n) is 12.0. The summed E-state index contributed by atoms with van der Waals surface area (Å²) in [5.74, 6) is -0.847. The molecule has 0 aliphatic rings. The van der Waals surface area contributed by atoms with Gasteiger partial charge in [-0.15, -0.1) is 0 Å². The zero-order valence-electron chi connectivity index (χ0n) is 21.4. The Balaban J connectivity index is 2.06. The van der Waals surface area contributed by atoms with Gasteiger partial charge in [0, 0.05) is 13.6 Å². The lowest BCUT2D eigenvalue weighted by Crippen LogP contribution is -2.51. The number of sulfonamides is 1. The summed E-state index contributed by atoms with van der Waals surface area (Å²) in [7, 11) is -2.65. The van der Waals surface area contributed by atoms with Crippen LogP contribution < -0.4 is 9.62 Å². The zero-order valence-corrected chi connectivity index (χ0v) is 23.0. The van der Waals surface area contributed by atoms with Crippen molar-refractivity contribution in [2.75, 3.05) is 17.9 Å². The van der Waals surface area contributed by atoms with Crippen molar-refractivity contribution in [2.24, 2.45) is 0 Å². The number of hydrogen-bond donors (Lipinski definition) is 1. The molecule has 9 heteroatoms. The number of halogens is 1. The summed E-state index contributed by atoms with van der Waals surface area (Å²) in [6.07, 6.45) is 0.355. The van der Waals surface area contributed by atoms with Crippen molar-refractivity contribution in [3.63, 3.8) is 0 Å². The largest absolute Gasteiger partial charge is 0.357 e. The molecule has 0 saturated carbocycles. The van der Waals surface area contributed by atoms with E-state index in [0.717, 1.165) is 21.0 Å². The van der Waals surface area contributed by atoms with Gasteiger partial charge in [-0.1, -0.05) is 78.2 Å². The van der Waals surface area contributed by atoms with Crippen LogP contribution in [0.25, 0.3) is 0 Å². The summed E-state index contributed by atoms with van der Waals surface area (Å²) in [6.45, 7) is 5.25. The number of para-hydroxylation sites is 1. The third-order valence-electron chi connectivity index (χ3n) is 6.11. The first-order valence-corrected chi connectivity index (χ1v) is 13.8. The van der Waals surface area contributed by atoms with E-state index in [1.165, 1.54) is 24.1 Å². The van der Waals surface area contributed by atoms with Crippen LogP contribution in [0, 0.1) is 13.8 Å². The third kappa shape index (κ3) is 6.70. The molecule has 0 aliphatic heterocycles. The molecule has 3 rings (SSSR count). The second-order valence-electron chi connectivity index (χ2n) is 8.82.